The fourth-order valence-corrected chi connectivity index (χ4v) is 2.74. The quantitative estimate of drug-likeness (QED) is 0.868. The number of halogens is 1. The number of rotatable bonds is 3. The fourth-order valence-electron chi connectivity index (χ4n) is 2.61. The summed E-state index contributed by atoms with van der Waals surface area (Å²) >= 11 is 5.95. The number of fused-ring (bicyclic) bond motifs is 1. The van der Waals surface area contributed by atoms with Gasteiger partial charge in [0.05, 0.1) is 12.2 Å². The average molecular weight is 303 g/mol. The molecule has 0 aromatic heterocycles. The van der Waals surface area contributed by atoms with Gasteiger partial charge in [-0.05, 0) is 42.3 Å². The molecule has 0 saturated carbocycles. The molecule has 0 saturated heterocycles. The van der Waals surface area contributed by atoms with Crippen LogP contribution in [0.4, 0.5) is 11.4 Å². The van der Waals surface area contributed by atoms with E-state index in [1.54, 1.807) is 0 Å². The summed E-state index contributed by atoms with van der Waals surface area (Å²) in [5, 5.41) is 0.761. The van der Waals surface area contributed by atoms with Crippen molar-refractivity contribution >= 4 is 23.0 Å². The van der Waals surface area contributed by atoms with Gasteiger partial charge in [-0.2, -0.15) is 0 Å². The van der Waals surface area contributed by atoms with Gasteiger partial charge in [0.2, 0.25) is 0 Å². The molecule has 0 amide bonds. The first-order valence-electron chi connectivity index (χ1n) is 7.21. The zero-order valence-corrected chi connectivity index (χ0v) is 12.8. The van der Waals surface area contributed by atoms with Gasteiger partial charge in [0, 0.05) is 17.3 Å². The molecule has 2 N–H and O–H groups in total. The Morgan fingerprint density at radius 3 is 2.71 bits per heavy atom. The Morgan fingerprint density at radius 2 is 2.00 bits per heavy atom. The number of nitrogens with zero attached hydrogens (tertiary/aromatic N) is 1. The van der Waals surface area contributed by atoms with Crippen LogP contribution >= 0.6 is 11.6 Å². The second-order valence-corrected chi connectivity index (χ2v) is 5.82. The summed E-state index contributed by atoms with van der Waals surface area (Å²) in [7, 11) is 0. The van der Waals surface area contributed by atoms with Crippen LogP contribution in [-0.2, 0) is 6.54 Å². The highest BCUT2D eigenvalue weighted by Gasteiger charge is 2.24. The second-order valence-electron chi connectivity index (χ2n) is 5.38. The Hall–Kier alpha value is -1.87. The van der Waals surface area contributed by atoms with E-state index in [0.29, 0.717) is 0 Å². The van der Waals surface area contributed by atoms with Crippen LogP contribution in [0, 0.1) is 0 Å². The Morgan fingerprint density at radius 1 is 1.24 bits per heavy atom. The highest BCUT2D eigenvalue weighted by atomic mass is 35.5. The van der Waals surface area contributed by atoms with Crippen LogP contribution < -0.4 is 15.4 Å². The van der Waals surface area contributed by atoms with E-state index in [2.05, 4.69) is 24.0 Å². The van der Waals surface area contributed by atoms with Gasteiger partial charge in [-0.25, -0.2) is 0 Å². The molecule has 0 bridgehead atoms. The van der Waals surface area contributed by atoms with Crippen molar-refractivity contribution in [1.29, 1.82) is 0 Å². The molecule has 0 radical (unpaired) electrons. The molecule has 1 aliphatic rings. The van der Waals surface area contributed by atoms with E-state index < -0.39 is 0 Å². The maximum absolute atomic E-state index is 6.00. The Kier molecular flexibility index (Phi) is 3.93. The number of hydrogen-bond acceptors (Lipinski definition) is 3. The maximum Gasteiger partial charge on any atom is 0.143 e. The molecular formula is C17H19ClN2O. The summed E-state index contributed by atoms with van der Waals surface area (Å²) in [5.41, 5.74) is 8.97. The zero-order chi connectivity index (χ0) is 14.8. The van der Waals surface area contributed by atoms with E-state index in [4.69, 9.17) is 22.1 Å². The Bertz CT molecular complexity index is 627. The Labute approximate surface area is 130 Å². The number of anilines is 2. The number of nitrogen functional groups attached to an aromatic ring is 1. The van der Waals surface area contributed by atoms with Crippen molar-refractivity contribution in [1.82, 2.24) is 0 Å². The minimum Gasteiger partial charge on any atom is -0.486 e. The molecular weight excluding hydrogens is 284 g/mol. The number of benzene rings is 2. The summed E-state index contributed by atoms with van der Waals surface area (Å²) in [6.45, 7) is 3.84. The van der Waals surface area contributed by atoms with Gasteiger partial charge in [-0.15, -0.1) is 0 Å². The van der Waals surface area contributed by atoms with Crippen molar-refractivity contribution in [2.24, 2.45) is 0 Å². The third kappa shape index (κ3) is 3.08. The zero-order valence-electron chi connectivity index (χ0n) is 12.1. The van der Waals surface area contributed by atoms with E-state index in [1.165, 1.54) is 5.56 Å². The molecule has 3 rings (SSSR count). The molecule has 1 heterocycles. The molecule has 110 valence electrons. The lowest BCUT2D eigenvalue weighted by Crippen LogP contribution is -2.39. The van der Waals surface area contributed by atoms with E-state index in [9.17, 15) is 0 Å². The molecule has 21 heavy (non-hydrogen) atoms. The van der Waals surface area contributed by atoms with Gasteiger partial charge in [-0.1, -0.05) is 30.7 Å². The summed E-state index contributed by atoms with van der Waals surface area (Å²) in [6, 6.07) is 13.8. The first kappa shape index (κ1) is 14.1. The molecule has 4 heteroatoms. The number of hydrogen-bond donors (Lipinski definition) is 1. The standard InChI is InChI=1S/C17H19ClN2O/c1-2-15-11-20(10-12-3-5-13(18)6-4-12)16-9-14(19)7-8-17(16)21-15/h3-9,15H,2,10-11,19H2,1H3. The van der Waals surface area contributed by atoms with Crippen LogP contribution in [0.25, 0.3) is 0 Å². The lowest BCUT2D eigenvalue weighted by atomic mass is 10.1. The predicted molar refractivity (Wildman–Crippen MR) is 88.1 cm³/mol. The fraction of sp³-hybridized carbons (Fsp3) is 0.294. The smallest absolute Gasteiger partial charge is 0.143 e. The van der Waals surface area contributed by atoms with Crippen LogP contribution in [0.3, 0.4) is 0 Å². The summed E-state index contributed by atoms with van der Waals surface area (Å²) in [6.07, 6.45) is 1.20. The van der Waals surface area contributed by atoms with Crippen LogP contribution in [0.2, 0.25) is 5.02 Å². The van der Waals surface area contributed by atoms with E-state index in [1.807, 2.05) is 30.3 Å². The number of ether oxygens (including phenoxy) is 1. The molecule has 0 aliphatic carbocycles. The monoisotopic (exact) mass is 302 g/mol. The van der Waals surface area contributed by atoms with Crippen LogP contribution in [0.15, 0.2) is 42.5 Å². The SMILES string of the molecule is CCC1CN(Cc2ccc(Cl)cc2)c2cc(N)ccc2O1. The molecule has 2 aromatic carbocycles. The van der Waals surface area contributed by atoms with Gasteiger partial charge >= 0.3 is 0 Å². The largest absolute Gasteiger partial charge is 0.486 e. The Balaban J connectivity index is 1.90. The predicted octanol–water partition coefficient (Wildman–Crippen LogP) is 4.10. The molecule has 1 atom stereocenters. The van der Waals surface area contributed by atoms with Crippen molar-refractivity contribution in [2.45, 2.75) is 26.0 Å². The van der Waals surface area contributed by atoms with E-state index in [-0.39, 0.29) is 6.10 Å². The van der Waals surface area contributed by atoms with Crippen molar-refractivity contribution in [3.05, 3.63) is 53.1 Å². The molecule has 1 unspecified atom stereocenters. The van der Waals surface area contributed by atoms with Crippen LogP contribution in [0.5, 0.6) is 5.75 Å². The highest BCUT2D eigenvalue weighted by molar-refractivity contribution is 6.30. The topological polar surface area (TPSA) is 38.5 Å². The first-order valence-corrected chi connectivity index (χ1v) is 7.59. The van der Waals surface area contributed by atoms with Gasteiger partial charge in [0.15, 0.2) is 0 Å². The van der Waals surface area contributed by atoms with E-state index >= 15 is 0 Å². The molecule has 3 nitrogen and oxygen atoms in total. The van der Waals surface area contributed by atoms with Gasteiger partial charge in [0.1, 0.15) is 11.9 Å². The minimum atomic E-state index is 0.216. The third-order valence-electron chi connectivity index (χ3n) is 3.78. The molecule has 2 aromatic rings. The first-order chi connectivity index (χ1) is 10.2. The highest BCUT2D eigenvalue weighted by Crippen LogP contribution is 2.36. The third-order valence-corrected chi connectivity index (χ3v) is 4.04. The summed E-state index contributed by atoms with van der Waals surface area (Å²) in [4.78, 5) is 2.33. The average Bonchev–Trinajstić information content (AvgIpc) is 2.49. The molecule has 0 spiro atoms. The van der Waals surface area contributed by atoms with Gasteiger partial charge in [0.25, 0.3) is 0 Å². The minimum absolute atomic E-state index is 0.216. The van der Waals surface area contributed by atoms with Crippen molar-refractivity contribution in [3.63, 3.8) is 0 Å². The van der Waals surface area contributed by atoms with Gasteiger partial charge < -0.3 is 15.4 Å². The van der Waals surface area contributed by atoms with Crippen LogP contribution in [0.1, 0.15) is 18.9 Å². The maximum atomic E-state index is 6.00. The molecule has 0 fully saturated rings. The normalized spacial score (nSPS) is 17.2. The van der Waals surface area contributed by atoms with Crippen molar-refractivity contribution < 1.29 is 4.74 Å². The molecule has 1 aliphatic heterocycles. The van der Waals surface area contributed by atoms with Crippen molar-refractivity contribution in [3.8, 4) is 5.75 Å². The second kappa shape index (κ2) is 5.86. The summed E-state index contributed by atoms with van der Waals surface area (Å²) < 4.78 is 6.00. The summed E-state index contributed by atoms with van der Waals surface area (Å²) in [5.74, 6) is 0.913. The van der Waals surface area contributed by atoms with Crippen molar-refractivity contribution in [2.75, 3.05) is 17.2 Å². The lowest BCUT2D eigenvalue weighted by Gasteiger charge is -2.36. The lowest BCUT2D eigenvalue weighted by molar-refractivity contribution is 0.189. The van der Waals surface area contributed by atoms with E-state index in [0.717, 1.165) is 41.7 Å². The van der Waals surface area contributed by atoms with Gasteiger partial charge in [-0.3, -0.25) is 0 Å². The number of nitrogens with two attached hydrogens (primary N) is 1. The van der Waals surface area contributed by atoms with Crippen LogP contribution in [-0.4, -0.2) is 12.6 Å².